The van der Waals surface area contributed by atoms with E-state index in [4.69, 9.17) is 4.74 Å². The number of allylic oxidation sites excluding steroid dienone is 3. The lowest BCUT2D eigenvalue weighted by molar-refractivity contribution is -0.142. The lowest BCUT2D eigenvalue weighted by Crippen LogP contribution is -2.04. The normalized spacial score (nSPS) is 11.3. The minimum absolute atomic E-state index is 0.0653. The van der Waals surface area contributed by atoms with E-state index in [9.17, 15) is 4.79 Å². The molecule has 0 aromatic heterocycles. The Kier molecular flexibility index (Phi) is 11.3. The zero-order valence-corrected chi connectivity index (χ0v) is 13.1. The Morgan fingerprint density at radius 3 is 2.37 bits per heavy atom. The fourth-order valence-electron chi connectivity index (χ4n) is 1.74. The quantitative estimate of drug-likeness (QED) is 0.309. The first-order valence-corrected chi connectivity index (χ1v) is 7.50. The number of carbonyl (C=O) groups excluding carboxylic acids is 1. The minimum Gasteiger partial charge on any atom is -0.461 e. The first-order chi connectivity index (χ1) is 9.06. The van der Waals surface area contributed by atoms with Gasteiger partial charge in [0.1, 0.15) is 6.61 Å². The molecule has 0 amide bonds. The van der Waals surface area contributed by atoms with Crippen LogP contribution in [0.5, 0.6) is 0 Å². The number of carbonyl (C=O) groups is 1. The van der Waals surface area contributed by atoms with Gasteiger partial charge in [-0.2, -0.15) is 0 Å². The van der Waals surface area contributed by atoms with E-state index in [1.807, 2.05) is 6.08 Å². The summed E-state index contributed by atoms with van der Waals surface area (Å²) < 4.78 is 5.19. The molecule has 0 N–H and O–H groups in total. The van der Waals surface area contributed by atoms with Gasteiger partial charge in [-0.05, 0) is 46.1 Å². The second kappa shape index (κ2) is 12.0. The van der Waals surface area contributed by atoms with Crippen LogP contribution in [0.2, 0.25) is 0 Å². The summed E-state index contributed by atoms with van der Waals surface area (Å²) in [7, 11) is 0. The lowest BCUT2D eigenvalue weighted by atomic mass is 10.1. The number of hydrogen-bond donors (Lipinski definition) is 0. The van der Waals surface area contributed by atoms with Gasteiger partial charge in [0.25, 0.3) is 0 Å². The average Bonchev–Trinajstić information content (AvgIpc) is 2.34. The van der Waals surface area contributed by atoms with E-state index in [0.29, 0.717) is 13.0 Å². The summed E-state index contributed by atoms with van der Waals surface area (Å²) in [5, 5.41) is 0. The molecule has 0 fully saturated rings. The fraction of sp³-hybridized carbons (Fsp3) is 0.706. The van der Waals surface area contributed by atoms with Gasteiger partial charge in [0.05, 0.1) is 0 Å². The van der Waals surface area contributed by atoms with Crippen molar-refractivity contribution in [3.8, 4) is 0 Å². The zero-order valence-electron chi connectivity index (χ0n) is 13.1. The molecule has 0 aromatic rings. The van der Waals surface area contributed by atoms with E-state index in [2.05, 4.69) is 33.8 Å². The van der Waals surface area contributed by atoms with E-state index in [-0.39, 0.29) is 5.97 Å². The molecule has 0 radical (unpaired) electrons. The molecule has 0 aliphatic heterocycles. The Labute approximate surface area is 118 Å². The smallest absolute Gasteiger partial charge is 0.306 e. The SMILES string of the molecule is CCCCCCC(=O)OC/C=C(/C)CCC=C(C)C. The van der Waals surface area contributed by atoms with E-state index in [0.717, 1.165) is 25.7 Å². The van der Waals surface area contributed by atoms with Gasteiger partial charge >= 0.3 is 5.97 Å². The minimum atomic E-state index is -0.0653. The van der Waals surface area contributed by atoms with Crippen LogP contribution in [-0.2, 0) is 9.53 Å². The third-order valence-electron chi connectivity index (χ3n) is 3.00. The van der Waals surface area contributed by atoms with Crippen molar-refractivity contribution >= 4 is 5.97 Å². The summed E-state index contributed by atoms with van der Waals surface area (Å²) in [6.07, 6.45) is 11.4. The zero-order chi connectivity index (χ0) is 14.5. The predicted octanol–water partition coefficient (Wildman–Crippen LogP) is 5.19. The van der Waals surface area contributed by atoms with Crippen LogP contribution in [0.15, 0.2) is 23.3 Å². The Balaban J connectivity index is 3.63. The molecular weight excluding hydrogens is 236 g/mol. The monoisotopic (exact) mass is 266 g/mol. The molecule has 0 bridgehead atoms. The summed E-state index contributed by atoms with van der Waals surface area (Å²) >= 11 is 0. The van der Waals surface area contributed by atoms with Crippen LogP contribution in [0.1, 0.15) is 72.6 Å². The highest BCUT2D eigenvalue weighted by Crippen LogP contribution is 2.07. The molecule has 19 heavy (non-hydrogen) atoms. The molecule has 2 heteroatoms. The maximum atomic E-state index is 11.4. The van der Waals surface area contributed by atoms with Gasteiger partial charge in [0.15, 0.2) is 0 Å². The van der Waals surface area contributed by atoms with Crippen LogP contribution in [0, 0.1) is 0 Å². The largest absolute Gasteiger partial charge is 0.461 e. The Morgan fingerprint density at radius 1 is 1.00 bits per heavy atom. The first kappa shape index (κ1) is 17.9. The summed E-state index contributed by atoms with van der Waals surface area (Å²) in [4.78, 5) is 11.4. The van der Waals surface area contributed by atoms with E-state index in [1.54, 1.807) is 0 Å². The molecule has 0 aliphatic rings. The van der Waals surface area contributed by atoms with Gasteiger partial charge in [0.2, 0.25) is 0 Å². The summed E-state index contributed by atoms with van der Waals surface area (Å²) in [6, 6.07) is 0. The molecule has 0 atom stereocenters. The second-order valence-electron chi connectivity index (χ2n) is 5.36. The molecule has 0 saturated heterocycles. The van der Waals surface area contributed by atoms with Gasteiger partial charge in [0, 0.05) is 6.42 Å². The highest BCUT2D eigenvalue weighted by molar-refractivity contribution is 5.69. The van der Waals surface area contributed by atoms with Crippen LogP contribution in [0.25, 0.3) is 0 Å². The van der Waals surface area contributed by atoms with Gasteiger partial charge in [-0.3, -0.25) is 4.79 Å². The number of esters is 1. The molecule has 0 aromatic carbocycles. The molecule has 0 heterocycles. The van der Waals surface area contributed by atoms with Crippen molar-refractivity contribution < 1.29 is 9.53 Å². The molecule has 2 nitrogen and oxygen atoms in total. The number of unbranched alkanes of at least 4 members (excludes halogenated alkanes) is 3. The number of hydrogen-bond acceptors (Lipinski definition) is 2. The van der Waals surface area contributed by atoms with Gasteiger partial charge < -0.3 is 4.74 Å². The molecule has 110 valence electrons. The van der Waals surface area contributed by atoms with Crippen LogP contribution < -0.4 is 0 Å². The fourth-order valence-corrected chi connectivity index (χ4v) is 1.74. The second-order valence-corrected chi connectivity index (χ2v) is 5.36. The van der Waals surface area contributed by atoms with E-state index in [1.165, 1.54) is 24.0 Å². The first-order valence-electron chi connectivity index (χ1n) is 7.50. The van der Waals surface area contributed by atoms with Crippen molar-refractivity contribution in [2.45, 2.75) is 72.6 Å². The van der Waals surface area contributed by atoms with Crippen LogP contribution in [0.4, 0.5) is 0 Å². The third-order valence-corrected chi connectivity index (χ3v) is 3.00. The molecule has 0 rings (SSSR count). The van der Waals surface area contributed by atoms with Gasteiger partial charge in [-0.15, -0.1) is 0 Å². The topological polar surface area (TPSA) is 26.3 Å². The number of rotatable bonds is 10. The van der Waals surface area contributed by atoms with E-state index >= 15 is 0 Å². The summed E-state index contributed by atoms with van der Waals surface area (Å²) in [5.74, 6) is -0.0653. The standard InChI is InChI=1S/C17H30O2/c1-5-6-7-8-12-17(18)19-14-13-16(4)11-9-10-15(2)3/h10,13H,5-9,11-12,14H2,1-4H3/b16-13-. The van der Waals surface area contributed by atoms with E-state index < -0.39 is 0 Å². The Morgan fingerprint density at radius 2 is 1.74 bits per heavy atom. The maximum absolute atomic E-state index is 11.4. The van der Waals surface area contributed by atoms with Crippen molar-refractivity contribution in [3.63, 3.8) is 0 Å². The van der Waals surface area contributed by atoms with Crippen LogP contribution in [-0.4, -0.2) is 12.6 Å². The highest BCUT2D eigenvalue weighted by atomic mass is 16.5. The highest BCUT2D eigenvalue weighted by Gasteiger charge is 2.01. The molecule has 0 spiro atoms. The summed E-state index contributed by atoms with van der Waals surface area (Å²) in [6.45, 7) is 8.90. The molecule has 0 aliphatic carbocycles. The summed E-state index contributed by atoms with van der Waals surface area (Å²) in [5.41, 5.74) is 2.64. The van der Waals surface area contributed by atoms with Crippen molar-refractivity contribution in [2.75, 3.05) is 6.61 Å². The number of ether oxygens (including phenoxy) is 1. The third kappa shape index (κ3) is 13.2. The van der Waals surface area contributed by atoms with Gasteiger partial charge in [-0.25, -0.2) is 0 Å². The van der Waals surface area contributed by atoms with Gasteiger partial charge in [-0.1, -0.05) is 43.4 Å². The van der Waals surface area contributed by atoms with Crippen molar-refractivity contribution in [1.29, 1.82) is 0 Å². The van der Waals surface area contributed by atoms with Crippen LogP contribution in [0.3, 0.4) is 0 Å². The average molecular weight is 266 g/mol. The van der Waals surface area contributed by atoms with Crippen molar-refractivity contribution in [3.05, 3.63) is 23.3 Å². The molecular formula is C17H30O2. The Hall–Kier alpha value is -1.05. The maximum Gasteiger partial charge on any atom is 0.306 e. The Bertz CT molecular complexity index is 296. The van der Waals surface area contributed by atoms with Crippen molar-refractivity contribution in [1.82, 2.24) is 0 Å². The molecule has 0 saturated carbocycles. The van der Waals surface area contributed by atoms with Crippen molar-refractivity contribution in [2.24, 2.45) is 0 Å². The van der Waals surface area contributed by atoms with Crippen LogP contribution >= 0.6 is 0 Å². The predicted molar refractivity (Wildman–Crippen MR) is 82.1 cm³/mol. The lowest BCUT2D eigenvalue weighted by Gasteiger charge is -2.03. The molecule has 0 unspecified atom stereocenters.